The van der Waals surface area contributed by atoms with Crippen LogP contribution in [0.5, 0.6) is 11.5 Å². The average Bonchev–Trinajstić information content (AvgIpc) is 3.32. The largest absolute Gasteiger partial charge is 0.453 e. The maximum Gasteiger partial charge on any atom is 0.276 e. The van der Waals surface area contributed by atoms with Gasteiger partial charge in [0.1, 0.15) is 5.75 Å². The van der Waals surface area contributed by atoms with Gasteiger partial charge < -0.3 is 14.5 Å². The van der Waals surface area contributed by atoms with Crippen LogP contribution in [-0.4, -0.2) is 20.2 Å². The Labute approximate surface area is 177 Å². The Bertz CT molecular complexity index is 1070. The molecule has 3 aromatic heterocycles. The number of benzene rings is 1. The highest BCUT2D eigenvalue weighted by molar-refractivity contribution is 9.10. The number of anilines is 2. The van der Waals surface area contributed by atoms with E-state index in [0.717, 1.165) is 21.0 Å². The number of hydrogen-bond acceptors (Lipinski definition) is 9. The quantitative estimate of drug-likeness (QED) is 0.334. The van der Waals surface area contributed by atoms with Gasteiger partial charge in [-0.05, 0) is 28.1 Å². The molecule has 4 rings (SSSR count). The number of pyridine rings is 1. The lowest BCUT2D eigenvalue weighted by Gasteiger charge is -2.11. The summed E-state index contributed by atoms with van der Waals surface area (Å²) in [5, 5.41) is 14.3. The van der Waals surface area contributed by atoms with Crippen LogP contribution in [0.1, 0.15) is 11.6 Å². The SMILES string of the molecule is Cc1nnc(SCc2csc(Nc3ncc(Br)cc3Oc3ccccc3)n2)o1. The van der Waals surface area contributed by atoms with Crippen molar-refractivity contribution < 1.29 is 9.15 Å². The van der Waals surface area contributed by atoms with Crippen molar-refractivity contribution in [3.05, 3.63) is 64.0 Å². The van der Waals surface area contributed by atoms with Gasteiger partial charge in [-0.2, -0.15) is 0 Å². The maximum absolute atomic E-state index is 5.97. The van der Waals surface area contributed by atoms with Gasteiger partial charge in [-0.3, -0.25) is 0 Å². The van der Waals surface area contributed by atoms with Crippen molar-refractivity contribution >= 4 is 50.0 Å². The van der Waals surface area contributed by atoms with E-state index in [0.29, 0.717) is 28.4 Å². The maximum atomic E-state index is 5.97. The highest BCUT2D eigenvalue weighted by Crippen LogP contribution is 2.33. The summed E-state index contributed by atoms with van der Waals surface area (Å²) in [5.74, 6) is 3.12. The molecule has 0 fully saturated rings. The van der Waals surface area contributed by atoms with E-state index in [2.05, 4.69) is 41.4 Å². The molecule has 0 aliphatic heterocycles. The average molecular weight is 476 g/mol. The second-order valence-electron chi connectivity index (χ2n) is 5.56. The monoisotopic (exact) mass is 475 g/mol. The van der Waals surface area contributed by atoms with Crippen LogP contribution in [0.25, 0.3) is 0 Å². The molecule has 142 valence electrons. The second kappa shape index (κ2) is 8.72. The van der Waals surface area contributed by atoms with E-state index >= 15 is 0 Å². The highest BCUT2D eigenvalue weighted by Gasteiger charge is 2.12. The Morgan fingerprint density at radius 2 is 2.11 bits per heavy atom. The zero-order chi connectivity index (χ0) is 19.3. The third kappa shape index (κ3) is 4.89. The topological polar surface area (TPSA) is 86.0 Å². The number of ether oxygens (including phenoxy) is 1. The number of rotatable bonds is 7. The smallest absolute Gasteiger partial charge is 0.276 e. The summed E-state index contributed by atoms with van der Waals surface area (Å²) in [7, 11) is 0. The predicted octanol–water partition coefficient (Wildman–Crippen LogP) is 5.82. The zero-order valence-corrected chi connectivity index (χ0v) is 17.8. The van der Waals surface area contributed by atoms with Gasteiger partial charge >= 0.3 is 0 Å². The molecule has 0 atom stereocenters. The number of nitrogens with zero attached hydrogens (tertiary/aromatic N) is 4. The Morgan fingerprint density at radius 3 is 2.89 bits per heavy atom. The van der Waals surface area contributed by atoms with Crippen molar-refractivity contribution in [2.75, 3.05) is 5.32 Å². The lowest BCUT2D eigenvalue weighted by molar-refractivity contribution is 0.429. The number of halogens is 1. The first-order chi connectivity index (χ1) is 13.7. The molecule has 28 heavy (non-hydrogen) atoms. The number of hydrogen-bond donors (Lipinski definition) is 1. The van der Waals surface area contributed by atoms with Crippen molar-refractivity contribution in [3.8, 4) is 11.5 Å². The van der Waals surface area contributed by atoms with Gasteiger partial charge in [-0.15, -0.1) is 21.5 Å². The summed E-state index contributed by atoms with van der Waals surface area (Å²) in [6, 6.07) is 11.4. The van der Waals surface area contributed by atoms with Crippen LogP contribution < -0.4 is 10.1 Å². The standard InChI is InChI=1S/C18H14BrN5O2S2/c1-11-23-24-18(25-11)28-10-13-9-27-17(21-13)22-16-15(7-12(19)8-20-16)26-14-5-3-2-4-6-14/h2-9H,10H2,1H3,(H,20,21,22). The predicted molar refractivity (Wildman–Crippen MR) is 112 cm³/mol. The molecule has 7 nitrogen and oxygen atoms in total. The summed E-state index contributed by atoms with van der Waals surface area (Å²) in [4.78, 5) is 9.01. The van der Waals surface area contributed by atoms with Crippen molar-refractivity contribution in [1.29, 1.82) is 0 Å². The molecule has 0 unspecified atom stereocenters. The van der Waals surface area contributed by atoms with Crippen molar-refractivity contribution in [2.24, 2.45) is 0 Å². The molecule has 0 saturated carbocycles. The number of nitrogens with one attached hydrogen (secondary N) is 1. The fraction of sp³-hybridized carbons (Fsp3) is 0.111. The van der Waals surface area contributed by atoms with Gasteiger partial charge in [0.2, 0.25) is 5.89 Å². The Balaban J connectivity index is 1.46. The van der Waals surface area contributed by atoms with Gasteiger partial charge in [0, 0.05) is 34.8 Å². The molecule has 3 heterocycles. The molecule has 10 heteroatoms. The first-order valence-corrected chi connectivity index (χ1v) is 10.8. The van der Waals surface area contributed by atoms with Crippen molar-refractivity contribution in [1.82, 2.24) is 20.2 Å². The van der Waals surface area contributed by atoms with Gasteiger partial charge in [-0.25, -0.2) is 9.97 Å². The van der Waals surface area contributed by atoms with Crippen LogP contribution >= 0.6 is 39.0 Å². The second-order valence-corrected chi connectivity index (χ2v) is 8.26. The number of aromatic nitrogens is 4. The molecule has 4 aromatic rings. The Morgan fingerprint density at radius 1 is 1.25 bits per heavy atom. The minimum absolute atomic E-state index is 0.535. The fourth-order valence-corrected chi connectivity index (χ4v) is 4.03. The lowest BCUT2D eigenvalue weighted by atomic mass is 10.3. The minimum Gasteiger partial charge on any atom is -0.453 e. The third-order valence-corrected chi connectivity index (χ3v) is 5.51. The molecule has 0 saturated heterocycles. The van der Waals surface area contributed by atoms with Crippen LogP contribution in [0.3, 0.4) is 0 Å². The zero-order valence-electron chi connectivity index (χ0n) is 14.6. The van der Waals surface area contributed by atoms with Crippen molar-refractivity contribution in [3.63, 3.8) is 0 Å². The summed E-state index contributed by atoms with van der Waals surface area (Å²) in [6.07, 6.45) is 1.71. The normalized spacial score (nSPS) is 10.8. The summed E-state index contributed by atoms with van der Waals surface area (Å²) in [6.45, 7) is 1.77. The molecule has 1 N–H and O–H groups in total. The van der Waals surface area contributed by atoms with E-state index in [1.54, 1.807) is 13.1 Å². The van der Waals surface area contributed by atoms with Crippen LogP contribution in [-0.2, 0) is 5.75 Å². The van der Waals surface area contributed by atoms with E-state index in [1.165, 1.54) is 23.1 Å². The molecular weight excluding hydrogens is 462 g/mol. The summed E-state index contributed by atoms with van der Waals surface area (Å²) in [5.41, 5.74) is 0.913. The molecule has 1 aromatic carbocycles. The number of thiazole rings is 1. The van der Waals surface area contributed by atoms with Crippen LogP contribution in [0.4, 0.5) is 10.9 Å². The first-order valence-electron chi connectivity index (χ1n) is 8.18. The van der Waals surface area contributed by atoms with E-state index < -0.39 is 0 Å². The first kappa shape index (κ1) is 18.9. The fourth-order valence-electron chi connectivity index (χ4n) is 2.21. The van der Waals surface area contributed by atoms with E-state index in [9.17, 15) is 0 Å². The minimum atomic E-state index is 0.535. The third-order valence-electron chi connectivity index (χ3n) is 3.42. The van der Waals surface area contributed by atoms with Crippen molar-refractivity contribution in [2.45, 2.75) is 17.9 Å². The number of thioether (sulfide) groups is 1. The van der Waals surface area contributed by atoms with Gasteiger partial charge in [0.05, 0.1) is 5.69 Å². The lowest BCUT2D eigenvalue weighted by Crippen LogP contribution is -1.97. The van der Waals surface area contributed by atoms with E-state index in [-0.39, 0.29) is 0 Å². The molecule has 0 bridgehead atoms. The highest BCUT2D eigenvalue weighted by atomic mass is 79.9. The Hall–Kier alpha value is -2.43. The number of aryl methyl sites for hydroxylation is 1. The van der Waals surface area contributed by atoms with E-state index in [1.807, 2.05) is 41.8 Å². The van der Waals surface area contributed by atoms with Gasteiger partial charge in [-0.1, -0.05) is 30.0 Å². The molecule has 0 amide bonds. The van der Waals surface area contributed by atoms with E-state index in [4.69, 9.17) is 9.15 Å². The summed E-state index contributed by atoms with van der Waals surface area (Å²) < 4.78 is 12.2. The van der Waals surface area contributed by atoms with Crippen LogP contribution in [0.15, 0.2) is 62.1 Å². The molecular formula is C18H14BrN5O2S2. The molecule has 0 radical (unpaired) electrons. The van der Waals surface area contributed by atoms with Gasteiger partial charge in [0.15, 0.2) is 16.7 Å². The Kier molecular flexibility index (Phi) is 5.89. The molecule has 0 aliphatic rings. The van der Waals surface area contributed by atoms with Crippen LogP contribution in [0.2, 0.25) is 0 Å². The molecule has 0 aliphatic carbocycles. The van der Waals surface area contributed by atoms with Crippen LogP contribution in [0, 0.1) is 6.92 Å². The van der Waals surface area contributed by atoms with Gasteiger partial charge in [0.25, 0.3) is 5.22 Å². The summed E-state index contributed by atoms with van der Waals surface area (Å²) >= 11 is 6.38. The molecule has 0 spiro atoms. The number of para-hydroxylation sites is 1.